The Bertz CT molecular complexity index is 1070. The van der Waals surface area contributed by atoms with Gasteiger partial charge in [0.15, 0.2) is 0 Å². The van der Waals surface area contributed by atoms with Crippen LogP contribution in [-0.2, 0) is 9.53 Å². The van der Waals surface area contributed by atoms with Crippen LogP contribution in [0.15, 0.2) is 70.6 Å². The number of carbonyl (C=O) groups is 1. The van der Waals surface area contributed by atoms with E-state index in [1.807, 2.05) is 24.3 Å². The second-order valence-electron chi connectivity index (χ2n) is 7.08. The van der Waals surface area contributed by atoms with E-state index in [0.717, 1.165) is 32.0 Å². The number of aromatic nitrogens is 1. The molecule has 0 radical (unpaired) electrons. The van der Waals surface area contributed by atoms with Crippen LogP contribution < -0.4 is 0 Å². The van der Waals surface area contributed by atoms with E-state index in [4.69, 9.17) is 9.72 Å². The molecule has 1 atom stereocenters. The van der Waals surface area contributed by atoms with Crippen molar-refractivity contribution in [1.29, 1.82) is 0 Å². The molecule has 0 amide bonds. The van der Waals surface area contributed by atoms with Crippen molar-refractivity contribution >= 4 is 28.6 Å². The van der Waals surface area contributed by atoms with Crippen molar-refractivity contribution in [2.75, 3.05) is 7.11 Å². The zero-order valence-corrected chi connectivity index (χ0v) is 16.5. The van der Waals surface area contributed by atoms with Crippen LogP contribution in [0.3, 0.4) is 0 Å². The first-order chi connectivity index (χ1) is 13.0. The lowest BCUT2D eigenvalue weighted by Gasteiger charge is -2.29. The topological polar surface area (TPSA) is 39.2 Å². The number of benzene rings is 2. The van der Waals surface area contributed by atoms with Crippen molar-refractivity contribution in [2.24, 2.45) is 0 Å². The predicted octanol–water partition coefficient (Wildman–Crippen LogP) is 5.68. The maximum Gasteiger partial charge on any atom is 0.334 e. The van der Waals surface area contributed by atoms with E-state index >= 15 is 0 Å². The second-order valence-corrected chi connectivity index (χ2v) is 8.11. The summed E-state index contributed by atoms with van der Waals surface area (Å²) < 4.78 is 4.99. The Hall–Kier alpha value is -2.59. The third kappa shape index (κ3) is 3.04. The van der Waals surface area contributed by atoms with Gasteiger partial charge in [-0.1, -0.05) is 62.5 Å². The van der Waals surface area contributed by atoms with Gasteiger partial charge in [-0.2, -0.15) is 0 Å². The Kier molecular flexibility index (Phi) is 4.52. The number of nitrogens with zero attached hydrogens (tertiary/aromatic N) is 1. The fraction of sp³-hybridized carbons (Fsp3) is 0.217. The summed E-state index contributed by atoms with van der Waals surface area (Å²) in [6.07, 6.45) is 0. The Balaban J connectivity index is 1.96. The minimum absolute atomic E-state index is 0.250. The summed E-state index contributed by atoms with van der Waals surface area (Å²) in [7, 11) is 1.40. The van der Waals surface area contributed by atoms with Gasteiger partial charge in [-0.05, 0) is 40.8 Å². The number of para-hydroxylation sites is 1. The standard InChI is InChI=1S/C23H21NO2S/c1-13(2)15-9-10-20-17(11-15)21(14(3)23(25)26-4)18-12-16-7-5-6-8-19(16)24-22(18)27-20/h5-13,21H,3H2,1-2,4H3. The largest absolute Gasteiger partial charge is 0.466 e. The highest BCUT2D eigenvalue weighted by molar-refractivity contribution is 7.99. The second kappa shape index (κ2) is 6.86. The van der Waals surface area contributed by atoms with Crippen molar-refractivity contribution < 1.29 is 9.53 Å². The van der Waals surface area contributed by atoms with Crippen molar-refractivity contribution in [3.63, 3.8) is 0 Å². The third-order valence-electron chi connectivity index (χ3n) is 5.04. The summed E-state index contributed by atoms with van der Waals surface area (Å²) in [5, 5.41) is 1.98. The highest BCUT2D eigenvalue weighted by atomic mass is 32.2. The molecule has 0 saturated heterocycles. The molecule has 2 heterocycles. The van der Waals surface area contributed by atoms with Gasteiger partial charge >= 0.3 is 5.97 Å². The maximum atomic E-state index is 12.4. The van der Waals surface area contributed by atoms with Crippen LogP contribution in [-0.4, -0.2) is 18.1 Å². The average molecular weight is 375 g/mol. The van der Waals surface area contributed by atoms with Gasteiger partial charge in [-0.3, -0.25) is 0 Å². The monoisotopic (exact) mass is 375 g/mol. The molecule has 1 unspecified atom stereocenters. The molecular weight excluding hydrogens is 354 g/mol. The first kappa shape index (κ1) is 17.8. The minimum Gasteiger partial charge on any atom is -0.466 e. The molecule has 3 nitrogen and oxygen atoms in total. The Morgan fingerprint density at radius 2 is 1.93 bits per heavy atom. The number of hydrogen-bond donors (Lipinski definition) is 0. The number of hydrogen-bond acceptors (Lipinski definition) is 4. The van der Waals surface area contributed by atoms with Gasteiger partial charge in [0.2, 0.25) is 0 Å². The molecule has 2 aromatic carbocycles. The van der Waals surface area contributed by atoms with Gasteiger partial charge < -0.3 is 4.74 Å². The van der Waals surface area contributed by atoms with Crippen LogP contribution in [0.1, 0.15) is 42.4 Å². The van der Waals surface area contributed by atoms with E-state index in [0.29, 0.717) is 11.5 Å². The van der Waals surface area contributed by atoms with Crippen LogP contribution in [0.5, 0.6) is 0 Å². The van der Waals surface area contributed by atoms with Gasteiger partial charge in [0.25, 0.3) is 0 Å². The molecule has 4 heteroatoms. The number of ether oxygens (including phenoxy) is 1. The van der Waals surface area contributed by atoms with Crippen molar-refractivity contribution in [2.45, 2.75) is 35.6 Å². The molecule has 0 N–H and O–H groups in total. The molecule has 0 bridgehead atoms. The quantitative estimate of drug-likeness (QED) is 0.436. The first-order valence-electron chi connectivity index (χ1n) is 8.98. The number of rotatable bonds is 3. The zero-order chi connectivity index (χ0) is 19.1. The summed E-state index contributed by atoms with van der Waals surface area (Å²) in [5.41, 5.74) is 4.76. The molecule has 4 rings (SSSR count). The van der Waals surface area contributed by atoms with Gasteiger partial charge in [-0.25, -0.2) is 9.78 Å². The van der Waals surface area contributed by atoms with Crippen LogP contribution in [0.2, 0.25) is 0 Å². The molecule has 0 aliphatic carbocycles. The lowest BCUT2D eigenvalue weighted by Crippen LogP contribution is -2.18. The summed E-state index contributed by atoms with van der Waals surface area (Å²) in [6.45, 7) is 8.43. The van der Waals surface area contributed by atoms with Gasteiger partial charge in [0.1, 0.15) is 5.03 Å². The predicted molar refractivity (Wildman–Crippen MR) is 109 cm³/mol. The summed E-state index contributed by atoms with van der Waals surface area (Å²) in [4.78, 5) is 18.3. The Morgan fingerprint density at radius 1 is 1.15 bits per heavy atom. The molecule has 1 aliphatic rings. The van der Waals surface area contributed by atoms with E-state index in [1.54, 1.807) is 11.8 Å². The third-order valence-corrected chi connectivity index (χ3v) is 6.15. The fourth-order valence-corrected chi connectivity index (χ4v) is 4.62. The van der Waals surface area contributed by atoms with Crippen LogP contribution in [0.25, 0.3) is 10.9 Å². The molecule has 136 valence electrons. The van der Waals surface area contributed by atoms with Crippen LogP contribution in [0.4, 0.5) is 0 Å². The summed E-state index contributed by atoms with van der Waals surface area (Å²) in [6, 6.07) is 16.7. The minimum atomic E-state index is -0.382. The van der Waals surface area contributed by atoms with Gasteiger partial charge in [0.05, 0.1) is 12.6 Å². The summed E-state index contributed by atoms with van der Waals surface area (Å²) >= 11 is 1.65. The number of pyridine rings is 1. The van der Waals surface area contributed by atoms with E-state index in [1.165, 1.54) is 12.7 Å². The van der Waals surface area contributed by atoms with E-state index in [2.05, 4.69) is 44.7 Å². The average Bonchev–Trinajstić information content (AvgIpc) is 2.68. The van der Waals surface area contributed by atoms with Crippen molar-refractivity contribution in [3.05, 3.63) is 77.4 Å². The highest BCUT2D eigenvalue weighted by Crippen LogP contribution is 2.49. The molecular formula is C23H21NO2S. The van der Waals surface area contributed by atoms with Crippen molar-refractivity contribution in [3.8, 4) is 0 Å². The van der Waals surface area contributed by atoms with E-state index < -0.39 is 0 Å². The van der Waals surface area contributed by atoms with E-state index in [9.17, 15) is 4.79 Å². The van der Waals surface area contributed by atoms with Gasteiger partial charge in [0, 0.05) is 21.8 Å². The molecule has 27 heavy (non-hydrogen) atoms. The van der Waals surface area contributed by atoms with Gasteiger partial charge in [-0.15, -0.1) is 0 Å². The Labute approximate surface area is 163 Å². The molecule has 1 aliphatic heterocycles. The smallest absolute Gasteiger partial charge is 0.334 e. The number of fused-ring (bicyclic) bond motifs is 3. The normalized spacial score (nSPS) is 15.3. The summed E-state index contributed by atoms with van der Waals surface area (Å²) in [5.74, 6) is -0.227. The molecule has 3 aromatic rings. The molecule has 0 saturated carbocycles. The van der Waals surface area contributed by atoms with Crippen molar-refractivity contribution in [1.82, 2.24) is 4.98 Å². The number of methoxy groups -OCH3 is 1. The Morgan fingerprint density at radius 3 is 2.67 bits per heavy atom. The zero-order valence-electron chi connectivity index (χ0n) is 15.7. The first-order valence-corrected chi connectivity index (χ1v) is 9.79. The fourth-order valence-electron chi connectivity index (χ4n) is 3.54. The van der Waals surface area contributed by atoms with Crippen LogP contribution in [0, 0.1) is 0 Å². The van der Waals surface area contributed by atoms with E-state index in [-0.39, 0.29) is 11.9 Å². The molecule has 1 aromatic heterocycles. The lowest BCUT2D eigenvalue weighted by molar-refractivity contribution is -0.136. The highest BCUT2D eigenvalue weighted by Gasteiger charge is 2.33. The lowest BCUT2D eigenvalue weighted by atomic mass is 9.83. The molecule has 0 fully saturated rings. The maximum absolute atomic E-state index is 12.4. The number of esters is 1. The number of carbonyl (C=O) groups excluding carboxylic acids is 1. The SMILES string of the molecule is C=C(C(=O)OC)C1c2cc(C(C)C)ccc2Sc2nc3ccccc3cc21. The van der Waals surface area contributed by atoms with Crippen LogP contribution >= 0.6 is 11.8 Å². The molecule has 0 spiro atoms.